The van der Waals surface area contributed by atoms with E-state index in [1.54, 1.807) is 6.07 Å². The minimum atomic E-state index is -0.118. The first-order chi connectivity index (χ1) is 9.18. The van der Waals surface area contributed by atoms with Gasteiger partial charge in [0.15, 0.2) is 0 Å². The molecule has 19 heavy (non-hydrogen) atoms. The van der Waals surface area contributed by atoms with E-state index in [9.17, 15) is 4.79 Å². The average molecular weight is 250 g/mol. The van der Waals surface area contributed by atoms with E-state index in [0.29, 0.717) is 11.1 Å². The van der Waals surface area contributed by atoms with Crippen molar-refractivity contribution in [2.45, 2.75) is 6.92 Å². The molecule has 0 aliphatic heterocycles. The molecule has 0 amide bonds. The first-order valence-electron chi connectivity index (χ1n) is 6.15. The highest BCUT2D eigenvalue weighted by Gasteiger charge is 2.11. The van der Waals surface area contributed by atoms with Gasteiger partial charge in [-0.3, -0.25) is 4.79 Å². The number of nitrogen functional groups attached to an aromatic ring is 1. The smallest absolute Gasteiger partial charge is 0.212 e. The van der Waals surface area contributed by atoms with Gasteiger partial charge in [0.25, 0.3) is 0 Å². The van der Waals surface area contributed by atoms with Gasteiger partial charge in [0.05, 0.1) is 5.69 Å². The van der Waals surface area contributed by atoms with Crippen LogP contribution in [0.3, 0.4) is 0 Å². The molecule has 0 fully saturated rings. The monoisotopic (exact) mass is 250 g/mol. The number of benzene rings is 2. The van der Waals surface area contributed by atoms with E-state index in [0.717, 1.165) is 16.6 Å². The number of rotatable bonds is 1. The van der Waals surface area contributed by atoms with Gasteiger partial charge < -0.3 is 10.7 Å². The highest BCUT2D eigenvalue weighted by Crippen LogP contribution is 2.26. The summed E-state index contributed by atoms with van der Waals surface area (Å²) in [5.74, 6) is 0. The fraction of sp³-hybridized carbons (Fsp3) is 0.0625. The van der Waals surface area contributed by atoms with Crippen molar-refractivity contribution in [2.75, 3.05) is 5.73 Å². The van der Waals surface area contributed by atoms with Gasteiger partial charge in [-0.1, -0.05) is 36.4 Å². The minimum absolute atomic E-state index is 0.118. The molecule has 1 aromatic heterocycles. The van der Waals surface area contributed by atoms with Gasteiger partial charge in [-0.25, -0.2) is 0 Å². The van der Waals surface area contributed by atoms with Crippen molar-refractivity contribution in [3.63, 3.8) is 0 Å². The van der Waals surface area contributed by atoms with Crippen LogP contribution in [-0.2, 0) is 0 Å². The van der Waals surface area contributed by atoms with Crippen molar-refractivity contribution < 1.29 is 0 Å². The molecule has 0 radical (unpaired) electrons. The molecule has 3 aromatic rings. The maximum atomic E-state index is 12.3. The van der Waals surface area contributed by atoms with Crippen LogP contribution >= 0.6 is 0 Å². The topological polar surface area (TPSA) is 58.9 Å². The van der Waals surface area contributed by atoms with Crippen LogP contribution in [0.25, 0.3) is 22.2 Å². The number of nitrogens with one attached hydrogen (secondary N) is 1. The summed E-state index contributed by atoms with van der Waals surface area (Å²) in [5.41, 5.74) is 9.71. The average Bonchev–Trinajstić information content (AvgIpc) is 2.44. The Morgan fingerprint density at radius 1 is 1.00 bits per heavy atom. The SMILES string of the molecule is Cc1ccccc1-c1[nH]c2ccccc2c(=O)c1N. The summed E-state index contributed by atoms with van der Waals surface area (Å²) in [7, 11) is 0. The summed E-state index contributed by atoms with van der Waals surface area (Å²) in [5, 5.41) is 0.623. The molecule has 1 heterocycles. The number of aromatic nitrogens is 1. The Hall–Kier alpha value is -2.55. The first kappa shape index (κ1) is 11.5. The fourth-order valence-corrected chi connectivity index (χ4v) is 2.32. The van der Waals surface area contributed by atoms with Gasteiger partial charge in [0.2, 0.25) is 5.43 Å². The Balaban J connectivity index is 2.40. The van der Waals surface area contributed by atoms with Crippen LogP contribution in [0, 0.1) is 6.92 Å². The molecule has 0 saturated carbocycles. The van der Waals surface area contributed by atoms with E-state index in [4.69, 9.17) is 5.73 Å². The third kappa shape index (κ3) is 1.80. The van der Waals surface area contributed by atoms with Crippen LogP contribution in [0.1, 0.15) is 5.56 Å². The zero-order valence-electron chi connectivity index (χ0n) is 10.6. The van der Waals surface area contributed by atoms with Crippen molar-refractivity contribution in [3.05, 3.63) is 64.3 Å². The summed E-state index contributed by atoms with van der Waals surface area (Å²) < 4.78 is 0. The van der Waals surface area contributed by atoms with Gasteiger partial charge in [0.1, 0.15) is 5.69 Å². The van der Waals surface area contributed by atoms with Crippen LogP contribution in [-0.4, -0.2) is 4.98 Å². The highest BCUT2D eigenvalue weighted by molar-refractivity contribution is 5.88. The maximum absolute atomic E-state index is 12.3. The molecule has 0 atom stereocenters. The number of nitrogens with two attached hydrogens (primary N) is 1. The number of anilines is 1. The molecule has 0 spiro atoms. The highest BCUT2D eigenvalue weighted by atomic mass is 16.1. The Morgan fingerprint density at radius 2 is 1.68 bits per heavy atom. The number of fused-ring (bicyclic) bond motifs is 1. The van der Waals surface area contributed by atoms with E-state index < -0.39 is 0 Å². The summed E-state index contributed by atoms with van der Waals surface area (Å²) in [6, 6.07) is 15.3. The predicted molar refractivity (Wildman–Crippen MR) is 79.2 cm³/mol. The van der Waals surface area contributed by atoms with E-state index in [1.807, 2.05) is 49.4 Å². The lowest BCUT2D eigenvalue weighted by Crippen LogP contribution is -2.12. The van der Waals surface area contributed by atoms with Gasteiger partial charge in [-0.05, 0) is 24.6 Å². The lowest BCUT2D eigenvalue weighted by atomic mass is 10.0. The maximum Gasteiger partial charge on any atom is 0.212 e. The van der Waals surface area contributed by atoms with Crippen molar-refractivity contribution in [2.24, 2.45) is 0 Å². The molecule has 3 N–H and O–H groups in total. The van der Waals surface area contributed by atoms with Crippen molar-refractivity contribution in [3.8, 4) is 11.3 Å². The van der Waals surface area contributed by atoms with E-state index in [2.05, 4.69) is 4.98 Å². The van der Waals surface area contributed by atoms with Crippen LogP contribution < -0.4 is 11.2 Å². The lowest BCUT2D eigenvalue weighted by molar-refractivity contribution is 1.35. The second-order valence-electron chi connectivity index (χ2n) is 4.60. The van der Waals surface area contributed by atoms with Crippen LogP contribution in [0.4, 0.5) is 5.69 Å². The number of aryl methyl sites for hydroxylation is 1. The van der Waals surface area contributed by atoms with Crippen molar-refractivity contribution >= 4 is 16.6 Å². The number of para-hydroxylation sites is 1. The third-order valence-electron chi connectivity index (χ3n) is 3.36. The van der Waals surface area contributed by atoms with Gasteiger partial charge in [0, 0.05) is 16.5 Å². The molecule has 0 bridgehead atoms. The van der Waals surface area contributed by atoms with E-state index in [-0.39, 0.29) is 11.1 Å². The van der Waals surface area contributed by atoms with Crippen LogP contribution in [0.15, 0.2) is 53.3 Å². The molecule has 3 nitrogen and oxygen atoms in total. The molecule has 0 saturated heterocycles. The Labute approximate surface area is 110 Å². The van der Waals surface area contributed by atoms with Crippen molar-refractivity contribution in [1.82, 2.24) is 4.98 Å². The Bertz CT molecular complexity index is 818. The number of hydrogen-bond donors (Lipinski definition) is 2. The Morgan fingerprint density at radius 3 is 2.47 bits per heavy atom. The van der Waals surface area contributed by atoms with E-state index in [1.165, 1.54) is 0 Å². The standard InChI is InChI=1S/C16H14N2O/c1-10-6-2-3-7-11(10)15-14(17)16(19)12-8-4-5-9-13(12)18-15/h2-9H,17H2,1H3,(H,18,19). The largest absolute Gasteiger partial charge is 0.394 e. The molecule has 3 heteroatoms. The first-order valence-corrected chi connectivity index (χ1v) is 6.15. The number of hydrogen-bond acceptors (Lipinski definition) is 2. The molecule has 0 unspecified atom stereocenters. The molecule has 0 aliphatic carbocycles. The summed E-state index contributed by atoms with van der Waals surface area (Å²) in [6.45, 7) is 2.00. The number of aromatic amines is 1. The Kier molecular flexibility index (Phi) is 2.60. The predicted octanol–water partition coefficient (Wildman–Crippen LogP) is 3.09. The molecule has 94 valence electrons. The normalized spacial score (nSPS) is 10.8. The fourth-order valence-electron chi connectivity index (χ4n) is 2.32. The number of pyridine rings is 1. The third-order valence-corrected chi connectivity index (χ3v) is 3.36. The summed E-state index contributed by atoms with van der Waals surface area (Å²) >= 11 is 0. The van der Waals surface area contributed by atoms with Crippen LogP contribution in [0.2, 0.25) is 0 Å². The van der Waals surface area contributed by atoms with Gasteiger partial charge >= 0.3 is 0 Å². The zero-order chi connectivity index (χ0) is 13.4. The van der Waals surface area contributed by atoms with Gasteiger partial charge in [-0.15, -0.1) is 0 Å². The molecular weight excluding hydrogens is 236 g/mol. The second kappa shape index (κ2) is 4.28. The summed E-state index contributed by atoms with van der Waals surface area (Å²) in [4.78, 5) is 15.6. The summed E-state index contributed by atoms with van der Waals surface area (Å²) in [6.07, 6.45) is 0. The molecule has 3 rings (SSSR count). The van der Waals surface area contributed by atoms with Crippen LogP contribution in [0.5, 0.6) is 0 Å². The molecular formula is C16H14N2O. The zero-order valence-corrected chi connectivity index (χ0v) is 10.6. The lowest BCUT2D eigenvalue weighted by Gasteiger charge is -2.10. The van der Waals surface area contributed by atoms with Crippen molar-refractivity contribution in [1.29, 1.82) is 0 Å². The van der Waals surface area contributed by atoms with Gasteiger partial charge in [-0.2, -0.15) is 0 Å². The minimum Gasteiger partial charge on any atom is -0.394 e. The number of H-pyrrole nitrogens is 1. The quantitative estimate of drug-likeness (QED) is 0.697. The molecule has 0 aliphatic rings. The van der Waals surface area contributed by atoms with E-state index >= 15 is 0 Å². The molecule has 2 aromatic carbocycles. The second-order valence-corrected chi connectivity index (χ2v) is 4.60.